The molecule has 0 aromatic heterocycles. The van der Waals surface area contributed by atoms with E-state index in [1.165, 1.54) is 0 Å². The van der Waals surface area contributed by atoms with E-state index in [1.54, 1.807) is 9.91 Å². The van der Waals surface area contributed by atoms with Gasteiger partial charge < -0.3 is 20.1 Å². The van der Waals surface area contributed by atoms with Crippen molar-refractivity contribution in [3.05, 3.63) is 30.3 Å². The molecule has 0 saturated carbocycles. The summed E-state index contributed by atoms with van der Waals surface area (Å²) in [6, 6.07) is 8.51. The third-order valence-corrected chi connectivity index (χ3v) is 5.28. The second-order valence-electron chi connectivity index (χ2n) is 7.02. The zero-order chi connectivity index (χ0) is 18.8. The first-order chi connectivity index (χ1) is 13.1. The summed E-state index contributed by atoms with van der Waals surface area (Å²) >= 11 is 0. The number of nitrogens with zero attached hydrogens (tertiary/aromatic N) is 3. The van der Waals surface area contributed by atoms with Gasteiger partial charge in [-0.2, -0.15) is 5.10 Å². The number of carbonyl (C=O) groups is 2. The zero-order valence-electron chi connectivity index (χ0n) is 15.1. The molecule has 3 aliphatic rings. The Kier molecular flexibility index (Phi) is 5.09. The summed E-state index contributed by atoms with van der Waals surface area (Å²) in [5.74, 6) is -0.661. The summed E-state index contributed by atoms with van der Waals surface area (Å²) in [6.45, 7) is 1.74. The lowest BCUT2D eigenvalue weighted by atomic mass is 10.00. The van der Waals surface area contributed by atoms with Crippen LogP contribution in [0.4, 0.5) is 5.69 Å². The van der Waals surface area contributed by atoms with Gasteiger partial charge in [0, 0.05) is 13.0 Å². The number of primary amides is 1. The number of anilines is 1. The fourth-order valence-corrected chi connectivity index (χ4v) is 3.94. The number of para-hydroxylation sites is 1. The third-order valence-electron chi connectivity index (χ3n) is 5.28. The van der Waals surface area contributed by atoms with Crippen molar-refractivity contribution < 1.29 is 19.1 Å². The molecular weight excluding hydrogens is 348 g/mol. The minimum absolute atomic E-state index is 0.116. The van der Waals surface area contributed by atoms with Crippen molar-refractivity contribution in [2.24, 2.45) is 10.8 Å². The second-order valence-corrected chi connectivity index (χ2v) is 7.02. The average Bonchev–Trinajstić information content (AvgIpc) is 3.38. The van der Waals surface area contributed by atoms with E-state index in [-0.39, 0.29) is 24.7 Å². The maximum Gasteiger partial charge on any atom is 0.270 e. The summed E-state index contributed by atoms with van der Waals surface area (Å²) in [4.78, 5) is 27.0. The molecule has 2 amide bonds. The Morgan fingerprint density at radius 2 is 1.85 bits per heavy atom. The SMILES string of the molecule is NC(=O)C1CC(C(=O)N2CCCCC2C2OCCO2)=NN1c1ccccc1. The van der Waals surface area contributed by atoms with Gasteiger partial charge in [0.05, 0.1) is 24.9 Å². The van der Waals surface area contributed by atoms with Gasteiger partial charge in [0.25, 0.3) is 5.91 Å². The lowest BCUT2D eigenvalue weighted by molar-refractivity contribution is -0.144. The van der Waals surface area contributed by atoms with Crippen molar-refractivity contribution in [2.45, 2.75) is 44.1 Å². The second kappa shape index (κ2) is 7.66. The molecule has 1 aromatic rings. The highest BCUT2D eigenvalue weighted by atomic mass is 16.7. The Bertz CT molecular complexity index is 732. The number of rotatable bonds is 4. The first-order valence-corrected chi connectivity index (χ1v) is 9.40. The van der Waals surface area contributed by atoms with Crippen LogP contribution in [0, 0.1) is 0 Å². The van der Waals surface area contributed by atoms with E-state index in [1.807, 2.05) is 30.3 Å². The van der Waals surface area contributed by atoms with E-state index in [0.29, 0.717) is 25.5 Å². The number of benzene rings is 1. The Morgan fingerprint density at radius 1 is 1.11 bits per heavy atom. The molecule has 2 atom stereocenters. The standard InChI is InChI=1S/C19H24N4O4/c20-17(24)16-12-14(21-23(16)13-6-2-1-3-7-13)18(25)22-9-5-4-8-15(22)19-26-10-11-27-19/h1-3,6-7,15-16,19H,4-5,8-12H2,(H2,20,24). The van der Waals surface area contributed by atoms with Crippen molar-refractivity contribution in [2.75, 3.05) is 24.8 Å². The van der Waals surface area contributed by atoms with Crippen LogP contribution in [0.25, 0.3) is 0 Å². The zero-order valence-corrected chi connectivity index (χ0v) is 15.1. The van der Waals surface area contributed by atoms with Gasteiger partial charge in [-0.3, -0.25) is 14.6 Å². The summed E-state index contributed by atoms with van der Waals surface area (Å²) < 4.78 is 11.3. The van der Waals surface area contributed by atoms with E-state index in [2.05, 4.69) is 5.10 Å². The normalized spacial score (nSPS) is 26.3. The van der Waals surface area contributed by atoms with E-state index in [0.717, 1.165) is 24.9 Å². The number of carbonyl (C=O) groups excluding carboxylic acids is 2. The molecule has 2 saturated heterocycles. The van der Waals surface area contributed by atoms with Crippen molar-refractivity contribution in [1.82, 2.24) is 4.90 Å². The van der Waals surface area contributed by atoms with Gasteiger partial charge in [0.15, 0.2) is 6.29 Å². The number of hydrogen-bond donors (Lipinski definition) is 1. The van der Waals surface area contributed by atoms with Crippen LogP contribution in [-0.2, 0) is 19.1 Å². The molecule has 0 aliphatic carbocycles. The van der Waals surface area contributed by atoms with Crippen LogP contribution in [0.1, 0.15) is 25.7 Å². The van der Waals surface area contributed by atoms with E-state index < -0.39 is 11.9 Å². The summed E-state index contributed by atoms with van der Waals surface area (Å²) in [5, 5.41) is 6.03. The summed E-state index contributed by atoms with van der Waals surface area (Å²) in [5.41, 5.74) is 6.67. The topological polar surface area (TPSA) is 97.5 Å². The number of likely N-dealkylation sites (tertiary alicyclic amines) is 1. The number of hydrazone groups is 1. The van der Waals surface area contributed by atoms with Gasteiger partial charge in [0.1, 0.15) is 11.8 Å². The molecule has 8 nitrogen and oxygen atoms in total. The molecular formula is C19H24N4O4. The van der Waals surface area contributed by atoms with Gasteiger partial charge in [-0.15, -0.1) is 0 Å². The lowest BCUT2D eigenvalue weighted by Gasteiger charge is -2.37. The molecule has 2 unspecified atom stereocenters. The smallest absolute Gasteiger partial charge is 0.270 e. The minimum atomic E-state index is -0.659. The molecule has 0 bridgehead atoms. The van der Waals surface area contributed by atoms with Gasteiger partial charge >= 0.3 is 0 Å². The molecule has 2 fully saturated rings. The Labute approximate surface area is 157 Å². The number of ether oxygens (including phenoxy) is 2. The highest BCUT2D eigenvalue weighted by Gasteiger charge is 2.41. The molecule has 3 aliphatic heterocycles. The van der Waals surface area contributed by atoms with Crippen molar-refractivity contribution in [3.63, 3.8) is 0 Å². The Balaban J connectivity index is 1.57. The van der Waals surface area contributed by atoms with Crippen LogP contribution in [0.5, 0.6) is 0 Å². The first-order valence-electron chi connectivity index (χ1n) is 9.40. The average molecular weight is 372 g/mol. The van der Waals surface area contributed by atoms with E-state index in [4.69, 9.17) is 15.2 Å². The van der Waals surface area contributed by atoms with Crippen LogP contribution in [0.2, 0.25) is 0 Å². The molecule has 3 heterocycles. The van der Waals surface area contributed by atoms with Gasteiger partial charge in [0.2, 0.25) is 5.91 Å². The van der Waals surface area contributed by atoms with E-state index >= 15 is 0 Å². The van der Waals surface area contributed by atoms with Crippen molar-refractivity contribution >= 4 is 23.2 Å². The predicted molar refractivity (Wildman–Crippen MR) is 99.0 cm³/mol. The molecule has 1 aromatic carbocycles. The predicted octanol–water partition coefficient (Wildman–Crippen LogP) is 0.861. The maximum atomic E-state index is 13.2. The number of nitrogens with two attached hydrogens (primary N) is 1. The third kappa shape index (κ3) is 3.54. The largest absolute Gasteiger partial charge is 0.368 e. The van der Waals surface area contributed by atoms with E-state index in [9.17, 15) is 9.59 Å². The van der Waals surface area contributed by atoms with Crippen LogP contribution in [-0.4, -0.2) is 60.6 Å². The van der Waals surface area contributed by atoms with Crippen LogP contribution < -0.4 is 10.7 Å². The highest BCUT2D eigenvalue weighted by molar-refractivity contribution is 6.40. The van der Waals surface area contributed by atoms with Crippen LogP contribution in [0.3, 0.4) is 0 Å². The maximum absolute atomic E-state index is 13.2. The summed E-state index contributed by atoms with van der Waals surface area (Å²) in [6.07, 6.45) is 2.63. The molecule has 27 heavy (non-hydrogen) atoms. The first kappa shape index (κ1) is 17.9. The fourth-order valence-electron chi connectivity index (χ4n) is 3.94. The quantitative estimate of drug-likeness (QED) is 0.845. The molecule has 144 valence electrons. The number of hydrogen-bond acceptors (Lipinski definition) is 6. The molecule has 2 N–H and O–H groups in total. The highest BCUT2D eigenvalue weighted by Crippen LogP contribution is 2.28. The van der Waals surface area contributed by atoms with Crippen LogP contribution in [0.15, 0.2) is 35.4 Å². The minimum Gasteiger partial charge on any atom is -0.368 e. The Hall–Kier alpha value is -2.45. The lowest BCUT2D eigenvalue weighted by Crippen LogP contribution is -2.52. The molecule has 8 heteroatoms. The fraction of sp³-hybridized carbons (Fsp3) is 0.526. The van der Waals surface area contributed by atoms with Crippen molar-refractivity contribution in [3.8, 4) is 0 Å². The monoisotopic (exact) mass is 372 g/mol. The van der Waals surface area contributed by atoms with Gasteiger partial charge in [-0.05, 0) is 31.4 Å². The number of amides is 2. The van der Waals surface area contributed by atoms with Gasteiger partial charge in [-0.1, -0.05) is 18.2 Å². The van der Waals surface area contributed by atoms with Crippen LogP contribution >= 0.6 is 0 Å². The number of piperidine rings is 1. The molecule has 0 radical (unpaired) electrons. The molecule has 0 spiro atoms. The van der Waals surface area contributed by atoms with Gasteiger partial charge in [-0.25, -0.2) is 0 Å². The van der Waals surface area contributed by atoms with Crippen molar-refractivity contribution in [1.29, 1.82) is 0 Å². The molecule has 4 rings (SSSR count). The summed E-state index contributed by atoms with van der Waals surface area (Å²) in [7, 11) is 0. The Morgan fingerprint density at radius 3 is 2.56 bits per heavy atom.